The molecular formula is C24H21Cl2N2O3+. The van der Waals surface area contributed by atoms with Crippen LogP contribution in [0.4, 0.5) is 5.69 Å². The summed E-state index contributed by atoms with van der Waals surface area (Å²) in [6.07, 6.45) is 0. The number of fused-ring (bicyclic) bond motifs is 2. The highest BCUT2D eigenvalue weighted by Crippen LogP contribution is 2.45. The summed E-state index contributed by atoms with van der Waals surface area (Å²) in [6, 6.07) is 14.7. The lowest BCUT2D eigenvalue weighted by Gasteiger charge is -2.20. The van der Waals surface area contributed by atoms with Crippen LogP contribution in [0.2, 0.25) is 10.0 Å². The van der Waals surface area contributed by atoms with Gasteiger partial charge in [-0.25, -0.2) is 9.37 Å². The van der Waals surface area contributed by atoms with E-state index in [9.17, 15) is 9.90 Å². The zero-order valence-electron chi connectivity index (χ0n) is 17.5. The number of hydrogen-bond donors (Lipinski definition) is 1. The number of nitrogens with zero attached hydrogens (tertiary/aromatic N) is 2. The number of hydrogen-bond acceptors (Lipinski definition) is 3. The first-order chi connectivity index (χ1) is 14.7. The van der Waals surface area contributed by atoms with Gasteiger partial charge in [-0.15, -0.1) is 0 Å². The van der Waals surface area contributed by atoms with Gasteiger partial charge in [-0.05, 0) is 30.3 Å². The molecule has 0 aromatic heterocycles. The van der Waals surface area contributed by atoms with Crippen LogP contribution in [0.5, 0.6) is 0 Å². The monoisotopic (exact) mass is 455 g/mol. The highest BCUT2D eigenvalue weighted by atomic mass is 35.5. The van der Waals surface area contributed by atoms with E-state index in [-0.39, 0.29) is 10.6 Å². The number of carboxylic acid groups (broad SMARTS) is 1. The van der Waals surface area contributed by atoms with Gasteiger partial charge in [0.25, 0.3) is 0 Å². The van der Waals surface area contributed by atoms with E-state index in [1.54, 1.807) is 6.07 Å². The Hall–Kier alpha value is -3.02. The van der Waals surface area contributed by atoms with E-state index in [0.717, 1.165) is 22.0 Å². The van der Waals surface area contributed by atoms with Crippen LogP contribution >= 0.6 is 23.2 Å². The molecule has 0 saturated carbocycles. The fourth-order valence-corrected chi connectivity index (χ4v) is 4.19. The molecule has 0 unspecified atom stereocenters. The Kier molecular flexibility index (Phi) is 5.42. The Morgan fingerprint density at radius 1 is 0.968 bits per heavy atom. The van der Waals surface area contributed by atoms with Gasteiger partial charge in [-0.3, -0.25) is 0 Å². The summed E-state index contributed by atoms with van der Waals surface area (Å²) >= 11 is 12.9. The molecule has 2 aliphatic rings. The van der Waals surface area contributed by atoms with Crippen molar-refractivity contribution in [1.82, 2.24) is 4.58 Å². The van der Waals surface area contributed by atoms with E-state index < -0.39 is 5.97 Å². The Bertz CT molecular complexity index is 1390. The van der Waals surface area contributed by atoms with Crippen molar-refractivity contribution in [3.05, 3.63) is 69.5 Å². The molecule has 0 amide bonds. The number of halogens is 2. The van der Waals surface area contributed by atoms with Gasteiger partial charge in [0.1, 0.15) is 25.4 Å². The van der Waals surface area contributed by atoms with Crippen LogP contribution in [0.3, 0.4) is 0 Å². The van der Waals surface area contributed by atoms with Crippen LogP contribution in [0.15, 0.2) is 52.9 Å². The van der Waals surface area contributed by atoms with E-state index in [4.69, 9.17) is 27.6 Å². The zero-order chi connectivity index (χ0) is 22.4. The summed E-state index contributed by atoms with van der Waals surface area (Å²) < 4.78 is 8.26. The summed E-state index contributed by atoms with van der Waals surface area (Å²) in [4.78, 5) is 14.1. The van der Waals surface area contributed by atoms with Crippen molar-refractivity contribution >= 4 is 45.8 Å². The third-order valence-electron chi connectivity index (χ3n) is 5.29. The minimum Gasteiger partial charge on any atom is -0.478 e. The molecule has 158 valence electrons. The Balaban J connectivity index is 2.25. The summed E-state index contributed by atoms with van der Waals surface area (Å²) in [5.41, 5.74) is 3.36. The number of benzene rings is 3. The highest BCUT2D eigenvalue weighted by molar-refractivity contribution is 6.39. The molecule has 0 fully saturated rings. The van der Waals surface area contributed by atoms with Gasteiger partial charge in [-0.2, -0.15) is 0 Å². The number of anilines is 1. The first kappa shape index (κ1) is 21.2. The fraction of sp³-hybridized carbons (Fsp3) is 0.167. The highest BCUT2D eigenvalue weighted by Gasteiger charge is 2.26. The number of rotatable bonds is 3. The predicted molar refractivity (Wildman–Crippen MR) is 127 cm³/mol. The summed E-state index contributed by atoms with van der Waals surface area (Å²) in [7, 11) is 7.79. The maximum Gasteiger partial charge on any atom is 0.337 e. The van der Waals surface area contributed by atoms with Crippen LogP contribution < -0.4 is 14.8 Å². The average Bonchev–Trinajstić information content (AvgIpc) is 2.72. The molecular weight excluding hydrogens is 435 g/mol. The Morgan fingerprint density at radius 2 is 1.68 bits per heavy atom. The van der Waals surface area contributed by atoms with Crippen molar-refractivity contribution in [2.75, 3.05) is 33.1 Å². The first-order valence-corrected chi connectivity index (χ1v) is 10.3. The van der Waals surface area contributed by atoms with Crippen molar-refractivity contribution in [1.29, 1.82) is 0 Å². The van der Waals surface area contributed by atoms with Gasteiger partial charge in [0, 0.05) is 59.0 Å². The van der Waals surface area contributed by atoms with Crippen LogP contribution in [0, 0.1) is 0 Å². The molecule has 1 heterocycles. The van der Waals surface area contributed by atoms with Crippen molar-refractivity contribution < 1.29 is 14.3 Å². The second-order valence-corrected chi connectivity index (χ2v) is 8.53. The molecule has 2 aromatic carbocycles. The van der Waals surface area contributed by atoms with Gasteiger partial charge in [0.05, 0.1) is 16.7 Å². The van der Waals surface area contributed by atoms with E-state index >= 15 is 0 Å². The third kappa shape index (κ3) is 3.64. The van der Waals surface area contributed by atoms with Gasteiger partial charge in [-0.1, -0.05) is 23.2 Å². The summed E-state index contributed by atoms with van der Waals surface area (Å²) in [5, 5.41) is 12.1. The molecule has 0 radical (unpaired) electrons. The van der Waals surface area contributed by atoms with Crippen molar-refractivity contribution in [2.45, 2.75) is 0 Å². The van der Waals surface area contributed by atoms with Gasteiger partial charge < -0.3 is 14.4 Å². The molecule has 2 aromatic rings. The maximum absolute atomic E-state index is 12.1. The van der Waals surface area contributed by atoms with Gasteiger partial charge >= 0.3 is 5.97 Å². The Labute approximate surface area is 189 Å². The minimum atomic E-state index is -1.14. The standard InChI is InChI=1S/C24H20Cl2N2O3/c1-27(2)13-5-7-15-19(11-13)31-20-12-14(28(3)4)6-8-16(20)21(15)22-17(25)9-10-18(26)23(22)24(29)30/h5-12H,1-4H3/p+1. The molecule has 1 aliphatic carbocycles. The number of carboxylic acids is 1. The molecule has 0 saturated heterocycles. The topological polar surface area (TPSA) is 56.7 Å². The second-order valence-electron chi connectivity index (χ2n) is 7.71. The largest absolute Gasteiger partial charge is 0.478 e. The van der Waals surface area contributed by atoms with Crippen LogP contribution in [0.1, 0.15) is 10.4 Å². The van der Waals surface area contributed by atoms with Crippen molar-refractivity contribution in [3.8, 4) is 22.5 Å². The van der Waals surface area contributed by atoms with Crippen LogP contribution in [-0.4, -0.2) is 39.3 Å². The zero-order valence-corrected chi connectivity index (χ0v) is 19.0. The van der Waals surface area contributed by atoms with Crippen LogP contribution in [-0.2, 0) is 0 Å². The summed E-state index contributed by atoms with van der Waals surface area (Å²) in [5.74, 6) is -0.517. The quantitative estimate of drug-likeness (QED) is 0.336. The van der Waals surface area contributed by atoms with Gasteiger partial charge in [0.15, 0.2) is 0 Å². The average molecular weight is 456 g/mol. The molecule has 0 atom stereocenters. The van der Waals surface area contributed by atoms with E-state index in [2.05, 4.69) is 0 Å². The molecule has 7 heteroatoms. The Morgan fingerprint density at radius 3 is 2.32 bits per heavy atom. The third-order valence-corrected chi connectivity index (χ3v) is 5.92. The van der Waals surface area contributed by atoms with Crippen molar-refractivity contribution in [3.63, 3.8) is 0 Å². The van der Waals surface area contributed by atoms with E-state index in [1.807, 2.05) is 74.1 Å². The van der Waals surface area contributed by atoms with Crippen molar-refractivity contribution in [2.24, 2.45) is 0 Å². The van der Waals surface area contributed by atoms with Crippen LogP contribution in [0.25, 0.3) is 33.4 Å². The minimum absolute atomic E-state index is 0.0312. The molecule has 1 N–H and O–H groups in total. The fourth-order valence-electron chi connectivity index (χ4n) is 3.70. The van der Waals surface area contributed by atoms with E-state index in [0.29, 0.717) is 27.5 Å². The first-order valence-electron chi connectivity index (χ1n) is 9.59. The molecule has 1 aliphatic heterocycles. The molecule has 31 heavy (non-hydrogen) atoms. The molecule has 0 bridgehead atoms. The lowest BCUT2D eigenvalue weighted by Crippen LogP contribution is -2.21. The molecule has 4 rings (SSSR count). The normalized spacial score (nSPS) is 11.2. The lowest BCUT2D eigenvalue weighted by atomic mass is 9.90. The second kappa shape index (κ2) is 7.91. The smallest absolute Gasteiger partial charge is 0.337 e. The van der Waals surface area contributed by atoms with E-state index in [1.165, 1.54) is 6.07 Å². The predicted octanol–water partition coefficient (Wildman–Crippen LogP) is 5.31. The number of carbonyl (C=O) groups is 1. The SMILES string of the molecule is CN(C)c1ccc2c(-c3c(Cl)ccc(Cl)c3C(=O)O)c3ccc(=[N+](C)C)cc-3oc2c1. The van der Waals surface area contributed by atoms with Gasteiger partial charge in [0.2, 0.25) is 5.36 Å². The maximum atomic E-state index is 12.1. The lowest BCUT2D eigenvalue weighted by molar-refractivity contribution is 0.0698. The molecule has 5 nitrogen and oxygen atoms in total. The molecule has 0 spiro atoms. The number of aromatic carboxylic acids is 1. The summed E-state index contributed by atoms with van der Waals surface area (Å²) in [6.45, 7) is 0.